The van der Waals surface area contributed by atoms with Crippen molar-refractivity contribution < 1.29 is 14.0 Å². The summed E-state index contributed by atoms with van der Waals surface area (Å²) in [6, 6.07) is 14.3. The topological polar surface area (TPSA) is 66.6 Å². The molecule has 1 aliphatic heterocycles. The van der Waals surface area contributed by atoms with Crippen molar-refractivity contribution in [2.24, 2.45) is 11.7 Å². The molecule has 2 aromatic rings. The summed E-state index contributed by atoms with van der Waals surface area (Å²) in [6.07, 6.45) is 1.72. The lowest BCUT2D eigenvalue weighted by molar-refractivity contribution is -0.135. The molecule has 1 fully saturated rings. The van der Waals surface area contributed by atoms with Crippen LogP contribution in [0.15, 0.2) is 48.5 Å². The number of nitrogens with zero attached hydrogens (tertiary/aromatic N) is 2. The van der Waals surface area contributed by atoms with Gasteiger partial charge in [-0.05, 0) is 30.0 Å². The van der Waals surface area contributed by atoms with E-state index in [-0.39, 0.29) is 23.5 Å². The van der Waals surface area contributed by atoms with Crippen LogP contribution < -0.4 is 5.73 Å². The lowest BCUT2D eigenvalue weighted by Crippen LogP contribution is -2.38. The van der Waals surface area contributed by atoms with Crippen molar-refractivity contribution in [1.82, 2.24) is 9.80 Å². The predicted octanol–water partition coefficient (Wildman–Crippen LogP) is 3.08. The molecule has 0 radical (unpaired) electrons. The fourth-order valence-electron chi connectivity index (χ4n) is 4.00. The number of rotatable bonds is 7. The molecule has 0 saturated carbocycles. The van der Waals surface area contributed by atoms with Crippen LogP contribution in [0.5, 0.6) is 0 Å². The largest absolute Gasteiger partial charge is 0.341 e. The van der Waals surface area contributed by atoms with E-state index in [4.69, 9.17) is 5.73 Å². The molecule has 3 rings (SSSR count). The van der Waals surface area contributed by atoms with Crippen molar-refractivity contribution in [3.8, 4) is 11.1 Å². The Balaban J connectivity index is 1.78. The highest BCUT2D eigenvalue weighted by atomic mass is 19.1. The molecular weight excluding hydrogens is 381 g/mol. The Kier molecular flexibility index (Phi) is 7.57. The van der Waals surface area contributed by atoms with Crippen LogP contribution in [0.25, 0.3) is 11.1 Å². The van der Waals surface area contributed by atoms with E-state index in [1.54, 1.807) is 17.0 Å². The van der Waals surface area contributed by atoms with Crippen LogP contribution in [0.1, 0.15) is 25.3 Å². The predicted molar refractivity (Wildman–Crippen MR) is 116 cm³/mol. The minimum Gasteiger partial charge on any atom is -0.341 e. The van der Waals surface area contributed by atoms with Crippen molar-refractivity contribution >= 4 is 11.8 Å². The van der Waals surface area contributed by atoms with Crippen LogP contribution in [0.4, 0.5) is 4.39 Å². The number of nitrogens with two attached hydrogens (primary N) is 1. The van der Waals surface area contributed by atoms with Gasteiger partial charge in [0.05, 0.1) is 5.92 Å². The molecule has 0 unspecified atom stereocenters. The van der Waals surface area contributed by atoms with Crippen molar-refractivity contribution in [1.29, 1.82) is 0 Å². The zero-order valence-electron chi connectivity index (χ0n) is 17.5. The van der Waals surface area contributed by atoms with Crippen LogP contribution in [0, 0.1) is 11.7 Å². The smallest absolute Gasteiger partial charge is 0.227 e. The quantitative estimate of drug-likeness (QED) is 0.761. The Bertz CT molecular complexity index is 869. The van der Waals surface area contributed by atoms with Gasteiger partial charge < -0.3 is 15.5 Å². The van der Waals surface area contributed by atoms with Crippen molar-refractivity contribution in [3.05, 3.63) is 59.9 Å². The lowest BCUT2D eigenvalue weighted by atomic mass is 9.95. The monoisotopic (exact) mass is 411 g/mol. The molecule has 30 heavy (non-hydrogen) atoms. The van der Waals surface area contributed by atoms with Crippen LogP contribution in [-0.4, -0.2) is 54.3 Å². The van der Waals surface area contributed by atoms with E-state index < -0.39 is 0 Å². The molecule has 1 aliphatic rings. The summed E-state index contributed by atoms with van der Waals surface area (Å²) in [5, 5.41) is 0. The van der Waals surface area contributed by atoms with Gasteiger partial charge in [-0.1, -0.05) is 49.4 Å². The summed E-state index contributed by atoms with van der Waals surface area (Å²) in [6.45, 7) is 4.57. The normalized spacial score (nSPS) is 17.2. The Morgan fingerprint density at radius 1 is 1.13 bits per heavy atom. The summed E-state index contributed by atoms with van der Waals surface area (Å²) in [5.74, 6) is -0.449. The van der Waals surface area contributed by atoms with Crippen LogP contribution >= 0.6 is 0 Å². The van der Waals surface area contributed by atoms with Gasteiger partial charge in [0.1, 0.15) is 5.82 Å². The number of carbonyl (C=O) groups is 2. The number of halogens is 1. The second-order valence-corrected chi connectivity index (χ2v) is 7.78. The lowest BCUT2D eigenvalue weighted by Gasteiger charge is -2.24. The summed E-state index contributed by atoms with van der Waals surface area (Å²) in [7, 11) is 0. The number of benzene rings is 2. The zero-order valence-corrected chi connectivity index (χ0v) is 17.5. The number of hydrogen-bond acceptors (Lipinski definition) is 3. The SMILES string of the molecule is CCCN1CCN(C(=O)CCN)C[C@@H](Cc2ccc(-c3ccccc3F)cc2)C1=O. The maximum atomic E-state index is 14.0. The first kappa shape index (κ1) is 22.0. The first-order valence-electron chi connectivity index (χ1n) is 10.6. The first-order chi connectivity index (χ1) is 14.5. The van der Waals surface area contributed by atoms with Gasteiger partial charge in [-0.2, -0.15) is 0 Å². The molecule has 6 heteroatoms. The van der Waals surface area contributed by atoms with E-state index in [1.165, 1.54) is 6.07 Å². The minimum atomic E-state index is -0.292. The van der Waals surface area contributed by atoms with Gasteiger partial charge in [0.25, 0.3) is 0 Å². The highest BCUT2D eigenvalue weighted by Crippen LogP contribution is 2.24. The molecule has 0 aromatic heterocycles. The van der Waals surface area contributed by atoms with Gasteiger partial charge in [-0.3, -0.25) is 9.59 Å². The summed E-state index contributed by atoms with van der Waals surface area (Å²) >= 11 is 0. The van der Waals surface area contributed by atoms with E-state index in [0.717, 1.165) is 17.5 Å². The minimum absolute atomic E-state index is 0.00329. The van der Waals surface area contributed by atoms with Gasteiger partial charge in [0, 0.05) is 44.7 Å². The van der Waals surface area contributed by atoms with Gasteiger partial charge in [-0.15, -0.1) is 0 Å². The Morgan fingerprint density at radius 3 is 2.53 bits per heavy atom. The standard InChI is InChI=1S/C24H30FN3O2/c1-2-13-27-14-15-28(23(29)11-12-26)17-20(24(27)30)16-18-7-9-19(10-8-18)21-5-3-4-6-22(21)25/h3-10,20H,2,11-17,26H2,1H3/t20-/m1/s1. The Labute approximate surface area is 177 Å². The van der Waals surface area contributed by atoms with Crippen molar-refractivity contribution in [3.63, 3.8) is 0 Å². The van der Waals surface area contributed by atoms with E-state index >= 15 is 0 Å². The second kappa shape index (κ2) is 10.3. The molecule has 0 aliphatic carbocycles. The number of carbonyl (C=O) groups excluding carboxylic acids is 2. The van der Waals surface area contributed by atoms with Gasteiger partial charge in [0.2, 0.25) is 11.8 Å². The van der Waals surface area contributed by atoms with E-state index in [2.05, 4.69) is 0 Å². The van der Waals surface area contributed by atoms with E-state index in [0.29, 0.717) is 51.1 Å². The summed E-state index contributed by atoms with van der Waals surface area (Å²) in [4.78, 5) is 29.2. The highest BCUT2D eigenvalue weighted by molar-refractivity contribution is 5.82. The molecule has 2 amide bonds. The fraction of sp³-hybridized carbons (Fsp3) is 0.417. The van der Waals surface area contributed by atoms with E-state index in [1.807, 2.05) is 42.2 Å². The summed E-state index contributed by atoms with van der Waals surface area (Å²) < 4.78 is 14.0. The molecule has 5 nitrogen and oxygen atoms in total. The maximum Gasteiger partial charge on any atom is 0.227 e. The Hall–Kier alpha value is -2.73. The molecule has 1 saturated heterocycles. The van der Waals surface area contributed by atoms with Crippen LogP contribution in [-0.2, 0) is 16.0 Å². The zero-order chi connectivity index (χ0) is 21.5. The molecule has 2 N–H and O–H groups in total. The van der Waals surface area contributed by atoms with Crippen molar-refractivity contribution in [2.45, 2.75) is 26.2 Å². The van der Waals surface area contributed by atoms with E-state index in [9.17, 15) is 14.0 Å². The molecule has 1 atom stereocenters. The molecule has 0 spiro atoms. The molecule has 2 aromatic carbocycles. The third kappa shape index (κ3) is 5.25. The van der Waals surface area contributed by atoms with Crippen LogP contribution in [0.3, 0.4) is 0 Å². The van der Waals surface area contributed by atoms with Gasteiger partial charge >= 0.3 is 0 Å². The summed E-state index contributed by atoms with van der Waals surface area (Å²) in [5.41, 5.74) is 7.91. The molecule has 0 bridgehead atoms. The second-order valence-electron chi connectivity index (χ2n) is 7.78. The Morgan fingerprint density at radius 2 is 1.87 bits per heavy atom. The van der Waals surface area contributed by atoms with Crippen molar-refractivity contribution in [2.75, 3.05) is 32.7 Å². The average Bonchev–Trinajstić information content (AvgIpc) is 2.89. The molecule has 1 heterocycles. The number of hydrogen-bond donors (Lipinski definition) is 1. The average molecular weight is 412 g/mol. The van der Waals surface area contributed by atoms with Gasteiger partial charge in [-0.25, -0.2) is 4.39 Å². The first-order valence-corrected chi connectivity index (χ1v) is 10.6. The maximum absolute atomic E-state index is 14.0. The highest BCUT2D eigenvalue weighted by Gasteiger charge is 2.31. The fourth-order valence-corrected chi connectivity index (χ4v) is 4.00. The third-order valence-corrected chi connectivity index (χ3v) is 5.57. The van der Waals surface area contributed by atoms with Gasteiger partial charge in [0.15, 0.2) is 0 Å². The molecule has 160 valence electrons. The van der Waals surface area contributed by atoms with Crippen LogP contribution in [0.2, 0.25) is 0 Å². The number of amides is 2. The third-order valence-electron chi connectivity index (χ3n) is 5.57. The molecular formula is C24H30FN3O2.